The smallest absolute Gasteiger partial charge is 0.411 e. The minimum atomic E-state index is -0.631. The summed E-state index contributed by atoms with van der Waals surface area (Å²) in [5, 5.41) is 13.1. The van der Waals surface area contributed by atoms with E-state index in [1.54, 1.807) is 62.2 Å². The summed E-state index contributed by atoms with van der Waals surface area (Å²) in [6.45, 7) is 6.00. The number of anilines is 2. The van der Waals surface area contributed by atoms with Crippen LogP contribution in [-0.4, -0.2) is 41.3 Å². The maximum absolute atomic E-state index is 12.8. The number of ether oxygens (including phenoxy) is 1. The maximum Gasteiger partial charge on any atom is 0.411 e. The number of aromatic nitrogens is 1. The molecule has 0 bridgehead atoms. The van der Waals surface area contributed by atoms with Gasteiger partial charge in [0, 0.05) is 48.4 Å². The molecule has 1 atom stereocenters. The van der Waals surface area contributed by atoms with Crippen molar-refractivity contribution in [2.75, 3.05) is 16.8 Å². The molecule has 1 aliphatic heterocycles. The monoisotopic (exact) mass is 503 g/mol. The van der Waals surface area contributed by atoms with Crippen LogP contribution in [0.5, 0.6) is 0 Å². The Bertz CT molecular complexity index is 1230. The zero-order chi connectivity index (χ0) is 26.6. The van der Waals surface area contributed by atoms with Crippen LogP contribution in [0.15, 0.2) is 48.8 Å². The SMILES string of the molecule is CC(C)(C)OC(=O)N/C=C(\C=N)c1cccc(CC(=O)Nc2cc(N3CC[C@@H](C4CC4)C3=O)ccn2)c1. The Balaban J connectivity index is 1.38. The third-order valence-electron chi connectivity index (χ3n) is 6.29. The summed E-state index contributed by atoms with van der Waals surface area (Å²) in [6.07, 6.45) is 6.77. The lowest BCUT2D eigenvalue weighted by molar-refractivity contribution is -0.121. The Morgan fingerprint density at radius 3 is 2.68 bits per heavy atom. The summed E-state index contributed by atoms with van der Waals surface area (Å²) in [7, 11) is 0. The van der Waals surface area contributed by atoms with E-state index in [2.05, 4.69) is 15.6 Å². The van der Waals surface area contributed by atoms with Crippen molar-refractivity contribution < 1.29 is 19.1 Å². The molecule has 1 saturated heterocycles. The number of hydrogen-bond donors (Lipinski definition) is 3. The first-order chi connectivity index (χ1) is 17.6. The van der Waals surface area contributed by atoms with Gasteiger partial charge in [-0.1, -0.05) is 24.3 Å². The molecular weight excluding hydrogens is 470 g/mol. The molecule has 0 spiro atoms. The average Bonchev–Trinajstić information content (AvgIpc) is 3.60. The van der Waals surface area contributed by atoms with E-state index in [4.69, 9.17) is 10.1 Å². The number of nitrogens with one attached hydrogen (secondary N) is 3. The number of amides is 3. The van der Waals surface area contributed by atoms with Gasteiger partial charge in [-0.25, -0.2) is 9.78 Å². The predicted octanol–water partition coefficient (Wildman–Crippen LogP) is 4.54. The molecule has 3 amide bonds. The molecule has 2 aliphatic rings. The number of alkyl carbamates (subject to hydrolysis) is 1. The number of nitrogens with zero attached hydrogens (tertiary/aromatic N) is 2. The van der Waals surface area contributed by atoms with Crippen molar-refractivity contribution >= 4 is 41.2 Å². The van der Waals surface area contributed by atoms with Crippen molar-refractivity contribution in [1.82, 2.24) is 10.3 Å². The zero-order valence-electron chi connectivity index (χ0n) is 21.4. The quantitative estimate of drug-likeness (QED) is 0.456. The normalized spacial score (nSPS) is 17.9. The molecule has 2 fully saturated rings. The van der Waals surface area contributed by atoms with Crippen LogP contribution in [0.1, 0.15) is 51.2 Å². The standard InChI is InChI=1S/C28H33N5O4/c1-28(2,3)37-27(36)31-17-21(16-29)20-6-4-5-18(13-20)14-25(34)32-24-15-22(9-11-30-24)33-12-10-23(26(33)35)19-7-8-19/h4-6,9,11,13,15-17,19,23,29H,7-8,10,12,14H2,1-3H3,(H,31,36)(H,30,32,34)/b21-17+,29-16?/t23-/m0/s1. The zero-order valence-corrected chi connectivity index (χ0v) is 21.4. The highest BCUT2D eigenvalue weighted by atomic mass is 16.6. The Hall–Kier alpha value is -4.01. The summed E-state index contributed by atoms with van der Waals surface area (Å²) in [5.41, 5.74) is 1.99. The molecule has 1 aliphatic carbocycles. The third-order valence-corrected chi connectivity index (χ3v) is 6.29. The molecule has 9 heteroatoms. The van der Waals surface area contributed by atoms with Crippen molar-refractivity contribution in [2.45, 2.75) is 52.1 Å². The fraction of sp³-hybridized carbons (Fsp3) is 0.393. The van der Waals surface area contributed by atoms with Gasteiger partial charge in [-0.2, -0.15) is 0 Å². The van der Waals surface area contributed by atoms with Gasteiger partial charge in [0.2, 0.25) is 11.8 Å². The first-order valence-corrected chi connectivity index (χ1v) is 12.5. The van der Waals surface area contributed by atoms with Crippen LogP contribution >= 0.6 is 0 Å². The summed E-state index contributed by atoms with van der Waals surface area (Å²) < 4.78 is 5.22. The second-order valence-electron chi connectivity index (χ2n) is 10.4. The van der Waals surface area contributed by atoms with E-state index in [-0.39, 0.29) is 24.2 Å². The summed E-state index contributed by atoms with van der Waals surface area (Å²) in [5.74, 6) is 0.961. The molecule has 1 saturated carbocycles. The van der Waals surface area contributed by atoms with E-state index in [0.29, 0.717) is 29.4 Å². The van der Waals surface area contributed by atoms with Gasteiger partial charge >= 0.3 is 6.09 Å². The minimum Gasteiger partial charge on any atom is -0.444 e. The van der Waals surface area contributed by atoms with Gasteiger partial charge in [0.25, 0.3) is 0 Å². The topological polar surface area (TPSA) is 124 Å². The number of hydrogen-bond acceptors (Lipinski definition) is 6. The van der Waals surface area contributed by atoms with E-state index in [1.807, 2.05) is 6.07 Å². The summed E-state index contributed by atoms with van der Waals surface area (Å²) >= 11 is 0. The molecule has 0 unspecified atom stereocenters. The second kappa shape index (κ2) is 10.9. The highest BCUT2D eigenvalue weighted by Gasteiger charge is 2.42. The van der Waals surface area contributed by atoms with Crippen molar-refractivity contribution in [1.29, 1.82) is 5.41 Å². The van der Waals surface area contributed by atoms with Gasteiger partial charge in [0.1, 0.15) is 11.4 Å². The number of rotatable bonds is 8. The van der Waals surface area contributed by atoms with Crippen LogP contribution in [0, 0.1) is 17.2 Å². The van der Waals surface area contributed by atoms with Crippen LogP contribution in [0.2, 0.25) is 0 Å². The number of allylic oxidation sites excluding steroid dienone is 1. The van der Waals surface area contributed by atoms with Gasteiger partial charge in [-0.3, -0.25) is 14.9 Å². The first-order valence-electron chi connectivity index (χ1n) is 12.5. The van der Waals surface area contributed by atoms with E-state index in [1.165, 1.54) is 6.20 Å². The van der Waals surface area contributed by atoms with E-state index in [0.717, 1.165) is 36.7 Å². The molecule has 1 aromatic carbocycles. The Morgan fingerprint density at radius 2 is 1.97 bits per heavy atom. The van der Waals surface area contributed by atoms with Crippen LogP contribution in [-0.2, 0) is 20.7 Å². The highest BCUT2D eigenvalue weighted by molar-refractivity contribution is 6.08. The largest absolute Gasteiger partial charge is 0.444 e. The van der Waals surface area contributed by atoms with Gasteiger partial charge in [0.05, 0.1) is 6.42 Å². The molecular formula is C28H33N5O4. The van der Waals surface area contributed by atoms with E-state index in [9.17, 15) is 14.4 Å². The molecule has 37 heavy (non-hydrogen) atoms. The molecule has 0 radical (unpaired) electrons. The first kappa shape index (κ1) is 26.1. The van der Waals surface area contributed by atoms with Crippen LogP contribution in [0.25, 0.3) is 5.57 Å². The maximum atomic E-state index is 12.8. The Morgan fingerprint density at radius 1 is 1.19 bits per heavy atom. The number of pyridine rings is 1. The fourth-order valence-corrected chi connectivity index (χ4v) is 4.44. The van der Waals surface area contributed by atoms with E-state index < -0.39 is 11.7 Å². The molecule has 3 N–H and O–H groups in total. The van der Waals surface area contributed by atoms with Crippen LogP contribution < -0.4 is 15.5 Å². The molecule has 194 valence electrons. The lowest BCUT2D eigenvalue weighted by Crippen LogP contribution is -2.29. The summed E-state index contributed by atoms with van der Waals surface area (Å²) in [4.78, 5) is 43.5. The molecule has 2 aromatic rings. The summed E-state index contributed by atoms with van der Waals surface area (Å²) in [6, 6.07) is 10.7. The van der Waals surface area contributed by atoms with Gasteiger partial charge in [0.15, 0.2) is 0 Å². The van der Waals surface area contributed by atoms with E-state index >= 15 is 0 Å². The molecule has 1 aromatic heterocycles. The minimum absolute atomic E-state index is 0.0942. The second-order valence-corrected chi connectivity index (χ2v) is 10.4. The van der Waals surface area contributed by atoms with Crippen molar-refractivity contribution in [3.8, 4) is 0 Å². The fourth-order valence-electron chi connectivity index (χ4n) is 4.44. The van der Waals surface area contributed by atoms with Crippen LogP contribution in [0.4, 0.5) is 16.3 Å². The molecule has 4 rings (SSSR count). The predicted molar refractivity (Wildman–Crippen MR) is 142 cm³/mol. The lowest BCUT2D eigenvalue weighted by atomic mass is 10.0. The number of carbonyl (C=O) groups is 3. The van der Waals surface area contributed by atoms with Gasteiger partial charge < -0.3 is 20.4 Å². The Kier molecular flexibility index (Phi) is 7.71. The molecule has 9 nitrogen and oxygen atoms in total. The highest BCUT2D eigenvalue weighted by Crippen LogP contribution is 2.43. The number of carbonyl (C=O) groups excluding carboxylic acids is 3. The van der Waals surface area contributed by atoms with Crippen LogP contribution in [0.3, 0.4) is 0 Å². The van der Waals surface area contributed by atoms with Gasteiger partial charge in [-0.05, 0) is 63.1 Å². The lowest BCUT2D eigenvalue weighted by Gasteiger charge is -2.19. The third kappa shape index (κ3) is 7.03. The van der Waals surface area contributed by atoms with Gasteiger partial charge in [-0.15, -0.1) is 0 Å². The average molecular weight is 504 g/mol. The molecule has 2 heterocycles. The Labute approximate surface area is 216 Å². The van der Waals surface area contributed by atoms with Crippen molar-refractivity contribution in [3.63, 3.8) is 0 Å². The van der Waals surface area contributed by atoms with Crippen molar-refractivity contribution in [2.24, 2.45) is 11.8 Å². The van der Waals surface area contributed by atoms with Crippen molar-refractivity contribution in [3.05, 3.63) is 59.9 Å². The number of benzene rings is 1.